The molecule has 1 N–H and O–H groups in total. The van der Waals surface area contributed by atoms with E-state index in [1.807, 2.05) is 18.5 Å². The Bertz CT molecular complexity index is 846. The second-order valence-corrected chi connectivity index (χ2v) is 7.28. The van der Waals surface area contributed by atoms with E-state index in [4.69, 9.17) is 9.72 Å². The molecule has 1 atom stereocenters. The lowest BCUT2D eigenvalue weighted by Gasteiger charge is -2.37. The molecule has 2 aromatic heterocycles. The third kappa shape index (κ3) is 3.52. The molecule has 140 valence electrons. The molecule has 0 spiro atoms. The van der Waals surface area contributed by atoms with Crippen LogP contribution in [0.5, 0.6) is 0 Å². The van der Waals surface area contributed by atoms with Crippen LogP contribution in [-0.4, -0.2) is 65.2 Å². The number of piperazine rings is 1. The van der Waals surface area contributed by atoms with E-state index in [1.165, 1.54) is 0 Å². The molecule has 27 heavy (non-hydrogen) atoms. The van der Waals surface area contributed by atoms with Crippen molar-refractivity contribution < 1.29 is 4.74 Å². The summed E-state index contributed by atoms with van der Waals surface area (Å²) < 4.78 is 5.47. The Hall–Kier alpha value is -2.51. The van der Waals surface area contributed by atoms with E-state index >= 15 is 0 Å². The molecule has 7 heteroatoms. The summed E-state index contributed by atoms with van der Waals surface area (Å²) >= 11 is 0. The second kappa shape index (κ2) is 7.25. The van der Waals surface area contributed by atoms with E-state index < -0.39 is 0 Å². The summed E-state index contributed by atoms with van der Waals surface area (Å²) in [4.78, 5) is 18.6. The minimum Gasteiger partial charge on any atom is -0.376 e. The minimum absolute atomic E-state index is 0.305. The molecule has 0 bridgehead atoms. The fraction of sp³-hybridized carbons (Fsp3) is 0.450. The monoisotopic (exact) mass is 364 g/mol. The van der Waals surface area contributed by atoms with Crippen LogP contribution in [-0.2, 0) is 17.8 Å². The summed E-state index contributed by atoms with van der Waals surface area (Å²) in [6.45, 7) is 6.35. The quantitative estimate of drug-likeness (QED) is 0.887. The van der Waals surface area contributed by atoms with Gasteiger partial charge in [0.15, 0.2) is 0 Å². The standard InChI is InChI=1S/C20H24N6O/c1-2-15-3-4-17(23-19(15)21-6-1)13-25-7-9-26(10-8-25)20-22-12-16-14-27-11-5-18(16)24-20/h1-4,6,12,17H,5,7-11,13-14H2,(H,21,23). The molecule has 0 radical (unpaired) electrons. The van der Waals surface area contributed by atoms with Crippen LogP contribution in [0.1, 0.15) is 16.8 Å². The van der Waals surface area contributed by atoms with Crippen molar-refractivity contribution >= 4 is 17.8 Å². The highest BCUT2D eigenvalue weighted by molar-refractivity contribution is 5.67. The van der Waals surface area contributed by atoms with Gasteiger partial charge in [-0.1, -0.05) is 12.2 Å². The maximum absolute atomic E-state index is 5.47. The third-order valence-electron chi connectivity index (χ3n) is 5.46. The Morgan fingerprint density at radius 3 is 3.04 bits per heavy atom. The van der Waals surface area contributed by atoms with Gasteiger partial charge in [-0.05, 0) is 12.1 Å². The molecule has 0 aliphatic carbocycles. The van der Waals surface area contributed by atoms with Gasteiger partial charge < -0.3 is 15.0 Å². The first-order valence-electron chi connectivity index (χ1n) is 9.65. The summed E-state index contributed by atoms with van der Waals surface area (Å²) in [6.07, 6.45) is 9.07. The van der Waals surface area contributed by atoms with Gasteiger partial charge in [-0.3, -0.25) is 4.90 Å². The molecule has 5 rings (SSSR count). The van der Waals surface area contributed by atoms with Crippen LogP contribution < -0.4 is 10.2 Å². The lowest BCUT2D eigenvalue weighted by atomic mass is 10.1. The normalized spacial score (nSPS) is 22.1. The van der Waals surface area contributed by atoms with E-state index in [9.17, 15) is 0 Å². The maximum atomic E-state index is 5.47. The highest BCUT2D eigenvalue weighted by Crippen LogP contribution is 2.21. The zero-order chi connectivity index (χ0) is 18.1. The van der Waals surface area contributed by atoms with E-state index in [2.05, 4.69) is 43.3 Å². The van der Waals surface area contributed by atoms with Crippen LogP contribution in [0.25, 0.3) is 6.08 Å². The minimum atomic E-state index is 0.305. The van der Waals surface area contributed by atoms with Gasteiger partial charge in [0.1, 0.15) is 5.82 Å². The predicted molar refractivity (Wildman–Crippen MR) is 105 cm³/mol. The van der Waals surface area contributed by atoms with Gasteiger partial charge in [-0.25, -0.2) is 15.0 Å². The smallest absolute Gasteiger partial charge is 0.225 e. The molecule has 2 aromatic rings. The molecule has 0 amide bonds. The zero-order valence-electron chi connectivity index (χ0n) is 15.3. The SMILES string of the molecule is C1=CC(CN2CCN(c3ncc4c(n3)CCOC4)CC2)Nc2ncccc21. The highest BCUT2D eigenvalue weighted by Gasteiger charge is 2.23. The molecule has 0 saturated carbocycles. The number of nitrogens with zero attached hydrogens (tertiary/aromatic N) is 5. The number of pyridine rings is 1. The first kappa shape index (κ1) is 16.6. The average Bonchev–Trinajstić information content (AvgIpc) is 2.74. The Morgan fingerprint density at radius 1 is 1.19 bits per heavy atom. The van der Waals surface area contributed by atoms with Crippen LogP contribution in [0.2, 0.25) is 0 Å². The number of hydrogen-bond donors (Lipinski definition) is 1. The summed E-state index contributed by atoms with van der Waals surface area (Å²) in [5.74, 6) is 1.85. The van der Waals surface area contributed by atoms with Crippen molar-refractivity contribution in [3.8, 4) is 0 Å². The number of fused-ring (bicyclic) bond motifs is 2. The number of anilines is 2. The Balaban J connectivity index is 1.18. The van der Waals surface area contributed by atoms with Gasteiger partial charge in [0.2, 0.25) is 5.95 Å². The number of rotatable bonds is 3. The Labute approximate surface area is 159 Å². The van der Waals surface area contributed by atoms with Crippen molar-refractivity contribution in [3.05, 3.63) is 47.4 Å². The summed E-state index contributed by atoms with van der Waals surface area (Å²) in [5, 5.41) is 3.53. The topological polar surface area (TPSA) is 66.4 Å². The van der Waals surface area contributed by atoms with E-state index in [0.717, 1.165) is 74.3 Å². The van der Waals surface area contributed by atoms with Crippen molar-refractivity contribution in [3.63, 3.8) is 0 Å². The lowest BCUT2D eigenvalue weighted by molar-refractivity contribution is 0.109. The zero-order valence-corrected chi connectivity index (χ0v) is 15.3. The molecule has 1 fully saturated rings. The van der Waals surface area contributed by atoms with E-state index in [1.54, 1.807) is 0 Å². The molecule has 3 aliphatic rings. The summed E-state index contributed by atoms with van der Waals surface area (Å²) in [5.41, 5.74) is 3.44. The van der Waals surface area contributed by atoms with Gasteiger partial charge in [0.25, 0.3) is 0 Å². The van der Waals surface area contributed by atoms with E-state index in [-0.39, 0.29) is 0 Å². The van der Waals surface area contributed by atoms with Crippen molar-refractivity contribution in [1.82, 2.24) is 19.9 Å². The first-order chi connectivity index (χ1) is 13.3. The van der Waals surface area contributed by atoms with Crippen LogP contribution >= 0.6 is 0 Å². The number of aromatic nitrogens is 3. The second-order valence-electron chi connectivity index (χ2n) is 7.28. The van der Waals surface area contributed by atoms with Gasteiger partial charge >= 0.3 is 0 Å². The average molecular weight is 364 g/mol. The molecule has 5 heterocycles. The van der Waals surface area contributed by atoms with Crippen molar-refractivity contribution in [2.75, 3.05) is 49.5 Å². The van der Waals surface area contributed by atoms with Gasteiger partial charge in [0.05, 0.1) is 24.9 Å². The third-order valence-corrected chi connectivity index (χ3v) is 5.46. The van der Waals surface area contributed by atoms with Crippen molar-refractivity contribution in [1.29, 1.82) is 0 Å². The molecule has 1 unspecified atom stereocenters. The first-order valence-corrected chi connectivity index (χ1v) is 9.65. The number of hydrogen-bond acceptors (Lipinski definition) is 7. The van der Waals surface area contributed by atoms with Gasteiger partial charge in [-0.2, -0.15) is 0 Å². The Kier molecular flexibility index (Phi) is 4.47. The molecule has 0 aromatic carbocycles. The fourth-order valence-electron chi connectivity index (χ4n) is 3.90. The largest absolute Gasteiger partial charge is 0.376 e. The molecular weight excluding hydrogens is 340 g/mol. The molecular formula is C20H24N6O. The molecule has 3 aliphatic heterocycles. The predicted octanol–water partition coefficient (Wildman–Crippen LogP) is 1.57. The molecule has 7 nitrogen and oxygen atoms in total. The van der Waals surface area contributed by atoms with Crippen molar-refractivity contribution in [2.24, 2.45) is 0 Å². The van der Waals surface area contributed by atoms with Crippen LogP contribution in [0.3, 0.4) is 0 Å². The summed E-state index contributed by atoms with van der Waals surface area (Å²) in [7, 11) is 0. The number of nitrogens with one attached hydrogen (secondary N) is 1. The highest BCUT2D eigenvalue weighted by atomic mass is 16.5. The summed E-state index contributed by atoms with van der Waals surface area (Å²) in [6, 6.07) is 4.37. The van der Waals surface area contributed by atoms with Crippen LogP contribution in [0.15, 0.2) is 30.6 Å². The molecule has 1 saturated heterocycles. The lowest BCUT2D eigenvalue weighted by Crippen LogP contribution is -2.50. The van der Waals surface area contributed by atoms with Crippen molar-refractivity contribution in [2.45, 2.75) is 19.1 Å². The van der Waals surface area contributed by atoms with E-state index in [0.29, 0.717) is 12.6 Å². The van der Waals surface area contributed by atoms with Gasteiger partial charge in [0, 0.05) is 62.7 Å². The van der Waals surface area contributed by atoms with Gasteiger partial charge in [-0.15, -0.1) is 0 Å². The Morgan fingerprint density at radius 2 is 2.11 bits per heavy atom. The fourth-order valence-corrected chi connectivity index (χ4v) is 3.90. The van der Waals surface area contributed by atoms with Crippen LogP contribution in [0, 0.1) is 0 Å². The van der Waals surface area contributed by atoms with Crippen LogP contribution in [0.4, 0.5) is 11.8 Å². The number of ether oxygens (including phenoxy) is 1. The maximum Gasteiger partial charge on any atom is 0.225 e.